The van der Waals surface area contributed by atoms with Gasteiger partial charge in [-0.3, -0.25) is 9.69 Å². The third-order valence-electron chi connectivity index (χ3n) is 4.12. The average molecular weight is 347 g/mol. The zero-order chi connectivity index (χ0) is 17.1. The van der Waals surface area contributed by atoms with Gasteiger partial charge < -0.3 is 9.53 Å². The molecule has 0 N–H and O–H groups in total. The van der Waals surface area contributed by atoms with Gasteiger partial charge in [-0.25, -0.2) is 4.39 Å². The van der Waals surface area contributed by atoms with Gasteiger partial charge in [0.25, 0.3) is 0 Å². The highest BCUT2D eigenvalue weighted by Gasteiger charge is 2.28. The maximum atomic E-state index is 14.0. The Hall–Kier alpha value is -2.05. The molecule has 3 rings (SSSR count). The van der Waals surface area contributed by atoms with Crippen LogP contribution in [0.3, 0.4) is 0 Å². The van der Waals surface area contributed by atoms with Crippen LogP contribution < -0.4 is 4.74 Å². The molecule has 0 radical (unpaired) electrons. The van der Waals surface area contributed by atoms with E-state index in [2.05, 4.69) is 0 Å². The van der Waals surface area contributed by atoms with Gasteiger partial charge in [0.1, 0.15) is 12.1 Å². The van der Waals surface area contributed by atoms with E-state index in [9.17, 15) is 14.0 Å². The quantitative estimate of drug-likeness (QED) is 0.613. The Morgan fingerprint density at radius 3 is 2.96 bits per heavy atom. The minimum atomic E-state index is -0.610. The van der Waals surface area contributed by atoms with Gasteiger partial charge in [0, 0.05) is 30.0 Å². The molecule has 0 saturated heterocycles. The van der Waals surface area contributed by atoms with Crippen LogP contribution in [0.4, 0.5) is 4.39 Å². The summed E-state index contributed by atoms with van der Waals surface area (Å²) in [6, 6.07) is 7.60. The summed E-state index contributed by atoms with van der Waals surface area (Å²) in [4.78, 5) is 26.1. The molecule has 1 atom stereocenters. The number of carbonyl (C=O) groups is 2. The molecule has 1 aliphatic rings. The number of fused-ring (bicyclic) bond motifs is 1. The molecule has 0 bridgehead atoms. The Morgan fingerprint density at radius 2 is 2.25 bits per heavy atom. The minimum absolute atomic E-state index is 0.262. The molecule has 0 aliphatic carbocycles. The maximum absolute atomic E-state index is 14.0. The highest BCUT2D eigenvalue weighted by Crippen LogP contribution is 2.36. The molecule has 1 aromatic heterocycles. The highest BCUT2D eigenvalue weighted by molar-refractivity contribution is 7.14. The van der Waals surface area contributed by atoms with Crippen molar-refractivity contribution >= 4 is 23.6 Å². The molecule has 2 heterocycles. The Bertz CT molecular complexity index is 758. The van der Waals surface area contributed by atoms with Crippen molar-refractivity contribution in [3.05, 3.63) is 52.2 Å². The third-order valence-corrected chi connectivity index (χ3v) is 5.24. The number of benzene rings is 1. The predicted molar refractivity (Wildman–Crippen MR) is 89.6 cm³/mol. The van der Waals surface area contributed by atoms with Crippen molar-refractivity contribution in [1.82, 2.24) is 4.90 Å². The highest BCUT2D eigenvalue weighted by atomic mass is 32.1. The van der Waals surface area contributed by atoms with Gasteiger partial charge in [0.15, 0.2) is 5.06 Å². The van der Waals surface area contributed by atoms with E-state index in [0.29, 0.717) is 30.1 Å². The van der Waals surface area contributed by atoms with Crippen molar-refractivity contribution in [2.45, 2.75) is 32.4 Å². The van der Waals surface area contributed by atoms with Gasteiger partial charge in [-0.15, -0.1) is 11.3 Å². The van der Waals surface area contributed by atoms with Gasteiger partial charge in [-0.05, 0) is 24.1 Å². The Balaban J connectivity index is 1.80. The lowest BCUT2D eigenvalue weighted by Gasteiger charge is -2.31. The fourth-order valence-electron chi connectivity index (χ4n) is 2.87. The first-order valence-electron chi connectivity index (χ1n) is 7.88. The van der Waals surface area contributed by atoms with Crippen molar-refractivity contribution in [2.75, 3.05) is 6.54 Å². The summed E-state index contributed by atoms with van der Waals surface area (Å²) in [7, 11) is 0. The summed E-state index contributed by atoms with van der Waals surface area (Å²) in [5.41, 5.74) is 1.43. The minimum Gasteiger partial charge on any atom is -0.415 e. The van der Waals surface area contributed by atoms with E-state index in [4.69, 9.17) is 4.74 Å². The summed E-state index contributed by atoms with van der Waals surface area (Å²) in [6.07, 6.45) is 1.87. The summed E-state index contributed by atoms with van der Waals surface area (Å²) < 4.78 is 19.3. The van der Waals surface area contributed by atoms with Crippen LogP contribution in [0, 0.1) is 5.82 Å². The van der Waals surface area contributed by atoms with E-state index in [-0.39, 0.29) is 11.8 Å². The van der Waals surface area contributed by atoms with Crippen molar-refractivity contribution in [2.24, 2.45) is 0 Å². The predicted octanol–water partition coefficient (Wildman–Crippen LogP) is 3.50. The molecule has 0 saturated carbocycles. The molecule has 24 heavy (non-hydrogen) atoms. The second kappa shape index (κ2) is 7.23. The van der Waals surface area contributed by atoms with Crippen molar-refractivity contribution in [3.8, 4) is 5.06 Å². The molecule has 1 unspecified atom stereocenters. The van der Waals surface area contributed by atoms with Crippen molar-refractivity contribution < 1.29 is 18.7 Å². The maximum Gasteiger partial charge on any atom is 0.311 e. The number of nitrogens with zero attached hydrogens (tertiary/aromatic N) is 1. The number of carbonyl (C=O) groups excluding carboxylic acids is 2. The molecular formula is C18H18FNO3S. The second-order valence-corrected chi connectivity index (χ2v) is 6.76. The molecular weight excluding hydrogens is 329 g/mol. The molecule has 2 aromatic rings. The topological polar surface area (TPSA) is 46.6 Å². The van der Waals surface area contributed by atoms with Crippen LogP contribution in [-0.2, 0) is 22.6 Å². The summed E-state index contributed by atoms with van der Waals surface area (Å²) in [5, 5.41) is 0.585. The van der Waals surface area contributed by atoms with Gasteiger partial charge in [-0.1, -0.05) is 25.1 Å². The number of hydrogen-bond acceptors (Lipinski definition) is 5. The molecule has 6 heteroatoms. The Labute approximate surface area is 143 Å². The van der Waals surface area contributed by atoms with E-state index < -0.39 is 6.04 Å². The normalized spacial score (nSPS) is 15.6. The van der Waals surface area contributed by atoms with Gasteiger partial charge in [-0.2, -0.15) is 0 Å². The number of halogens is 1. The molecule has 0 amide bonds. The van der Waals surface area contributed by atoms with Crippen LogP contribution >= 0.6 is 11.3 Å². The molecule has 1 aromatic carbocycles. The Kier molecular flexibility index (Phi) is 5.06. The molecule has 4 nitrogen and oxygen atoms in total. The van der Waals surface area contributed by atoms with E-state index in [1.807, 2.05) is 11.0 Å². The SMILES string of the molecule is CCC(=O)Oc1cc2c(s1)CCN(C(C=O)c1ccccc1F)C2. The number of ether oxygens (including phenoxy) is 1. The fourth-order valence-corrected chi connectivity index (χ4v) is 3.90. The monoisotopic (exact) mass is 347 g/mol. The largest absolute Gasteiger partial charge is 0.415 e. The van der Waals surface area contributed by atoms with Gasteiger partial charge in [0.05, 0.1) is 6.04 Å². The zero-order valence-corrected chi connectivity index (χ0v) is 14.1. The number of hydrogen-bond donors (Lipinski definition) is 0. The van der Waals surface area contributed by atoms with E-state index >= 15 is 0 Å². The fraction of sp³-hybridized carbons (Fsp3) is 0.333. The van der Waals surface area contributed by atoms with Gasteiger partial charge >= 0.3 is 5.97 Å². The van der Waals surface area contributed by atoms with Crippen LogP contribution in [0.5, 0.6) is 5.06 Å². The summed E-state index contributed by atoms with van der Waals surface area (Å²) >= 11 is 1.47. The smallest absolute Gasteiger partial charge is 0.311 e. The van der Waals surface area contributed by atoms with E-state index in [1.54, 1.807) is 25.1 Å². The standard InChI is InChI=1S/C18H18FNO3S/c1-2-17(22)23-18-9-12-10-20(8-7-16(12)24-18)15(11-21)13-5-3-4-6-14(13)19/h3-6,9,11,15H,2,7-8,10H2,1H3. The van der Waals surface area contributed by atoms with Crippen molar-refractivity contribution in [1.29, 1.82) is 0 Å². The molecule has 0 spiro atoms. The third kappa shape index (κ3) is 3.39. The summed E-state index contributed by atoms with van der Waals surface area (Å²) in [6.45, 7) is 2.94. The van der Waals surface area contributed by atoms with E-state index in [1.165, 1.54) is 17.4 Å². The van der Waals surface area contributed by atoms with Crippen LogP contribution in [0.15, 0.2) is 30.3 Å². The van der Waals surface area contributed by atoms with Gasteiger partial charge in [0.2, 0.25) is 0 Å². The average Bonchev–Trinajstić information content (AvgIpc) is 2.98. The number of thiophene rings is 1. The van der Waals surface area contributed by atoms with Crippen molar-refractivity contribution in [3.63, 3.8) is 0 Å². The van der Waals surface area contributed by atoms with Crippen LogP contribution in [0.1, 0.15) is 35.4 Å². The number of aldehydes is 1. The number of rotatable bonds is 5. The van der Waals surface area contributed by atoms with Crippen LogP contribution in [0.25, 0.3) is 0 Å². The lowest BCUT2D eigenvalue weighted by molar-refractivity contribution is -0.133. The molecule has 1 aliphatic heterocycles. The molecule has 126 valence electrons. The first kappa shape index (κ1) is 16.8. The van der Waals surface area contributed by atoms with E-state index in [0.717, 1.165) is 23.1 Å². The Morgan fingerprint density at radius 1 is 1.46 bits per heavy atom. The second-order valence-electron chi connectivity index (χ2n) is 5.66. The first-order valence-corrected chi connectivity index (χ1v) is 8.70. The summed E-state index contributed by atoms with van der Waals surface area (Å²) in [5.74, 6) is -0.633. The lowest BCUT2D eigenvalue weighted by atomic mass is 10.0. The lowest BCUT2D eigenvalue weighted by Crippen LogP contribution is -2.34. The number of esters is 1. The zero-order valence-electron chi connectivity index (χ0n) is 13.3. The van der Waals surface area contributed by atoms with Crippen LogP contribution in [-0.4, -0.2) is 23.7 Å². The van der Waals surface area contributed by atoms with Crippen LogP contribution in [0.2, 0.25) is 0 Å². The first-order chi connectivity index (χ1) is 11.6. The molecule has 0 fully saturated rings.